The number of amides is 3. The SMILES string of the molecule is C=C1CC[C@@]2(O)[C@@H]3Cc4ccc(OC(=O)N(C)CCNC(=O)[C@H](CC(C)C)NC(C)=O)c5c4[C@@]2(CC[N+]3(C)CC2CC2)[C@H]1O5. The molecule has 3 fully saturated rings. The quantitative estimate of drug-likeness (QED) is 0.277. The first-order valence-corrected chi connectivity index (χ1v) is 16.3. The van der Waals surface area contributed by atoms with Gasteiger partial charge in [-0.05, 0) is 55.2 Å². The Morgan fingerprint density at radius 1 is 1.25 bits per heavy atom. The van der Waals surface area contributed by atoms with E-state index in [0.717, 1.165) is 53.9 Å². The number of carbonyl (C=O) groups excluding carboxylic acids is 3. The van der Waals surface area contributed by atoms with Gasteiger partial charge in [0.15, 0.2) is 11.5 Å². The minimum Gasteiger partial charge on any atom is -0.481 e. The molecule has 240 valence electrons. The maximum Gasteiger partial charge on any atom is 0.415 e. The Hall–Kier alpha value is -3.11. The van der Waals surface area contributed by atoms with Crippen molar-refractivity contribution in [3.05, 3.63) is 35.4 Å². The normalized spacial score (nSPS) is 31.9. The molecule has 5 aliphatic rings. The molecule has 10 nitrogen and oxygen atoms in total. The molecule has 2 aliphatic heterocycles. The van der Waals surface area contributed by atoms with E-state index in [1.165, 1.54) is 30.2 Å². The van der Waals surface area contributed by atoms with Gasteiger partial charge in [0.05, 0.1) is 25.6 Å². The van der Waals surface area contributed by atoms with Crippen molar-refractivity contribution in [1.82, 2.24) is 15.5 Å². The number of ether oxygens (including phenoxy) is 2. The molecule has 1 aromatic carbocycles. The van der Waals surface area contributed by atoms with E-state index in [1.54, 1.807) is 7.05 Å². The molecule has 2 bridgehead atoms. The maximum atomic E-state index is 13.2. The largest absolute Gasteiger partial charge is 0.481 e. The van der Waals surface area contributed by atoms with Crippen molar-refractivity contribution < 1.29 is 33.4 Å². The first-order valence-electron chi connectivity index (χ1n) is 16.3. The van der Waals surface area contributed by atoms with Gasteiger partial charge in [0, 0.05) is 51.4 Å². The van der Waals surface area contributed by atoms with E-state index >= 15 is 0 Å². The molecule has 0 aromatic heterocycles. The first kappa shape index (κ1) is 30.9. The summed E-state index contributed by atoms with van der Waals surface area (Å²) in [6.45, 7) is 12.3. The molecule has 3 amide bonds. The third-order valence-corrected chi connectivity index (χ3v) is 11.1. The van der Waals surface area contributed by atoms with Gasteiger partial charge in [0.25, 0.3) is 0 Å². The summed E-state index contributed by atoms with van der Waals surface area (Å²) in [6.07, 6.45) is 5.17. The Labute approximate surface area is 260 Å². The molecule has 44 heavy (non-hydrogen) atoms. The van der Waals surface area contributed by atoms with Crippen LogP contribution in [-0.2, 0) is 21.4 Å². The van der Waals surface area contributed by atoms with Crippen LogP contribution in [0.4, 0.5) is 4.79 Å². The molecule has 6 atom stereocenters. The minimum atomic E-state index is -0.915. The molecular weight excluding hydrogens is 560 g/mol. The average Bonchev–Trinajstić information content (AvgIpc) is 3.68. The molecule has 0 radical (unpaired) electrons. The number of nitrogens with zero attached hydrogens (tertiary/aromatic N) is 2. The number of carbonyl (C=O) groups is 3. The first-order chi connectivity index (χ1) is 20.8. The molecule has 2 heterocycles. The van der Waals surface area contributed by atoms with E-state index in [0.29, 0.717) is 24.3 Å². The number of benzene rings is 1. The van der Waals surface area contributed by atoms with E-state index in [-0.39, 0.29) is 43.0 Å². The number of piperidine rings is 1. The van der Waals surface area contributed by atoms with E-state index in [4.69, 9.17) is 9.47 Å². The summed E-state index contributed by atoms with van der Waals surface area (Å²) < 4.78 is 13.5. The minimum absolute atomic E-state index is 0.0926. The average molecular weight is 610 g/mol. The van der Waals surface area contributed by atoms with Crippen LogP contribution in [0.25, 0.3) is 0 Å². The van der Waals surface area contributed by atoms with Crippen molar-refractivity contribution >= 4 is 17.9 Å². The van der Waals surface area contributed by atoms with Crippen molar-refractivity contribution in [3.63, 3.8) is 0 Å². The number of quaternary nitrogens is 1. The van der Waals surface area contributed by atoms with Crippen LogP contribution in [0.15, 0.2) is 24.3 Å². The smallest absolute Gasteiger partial charge is 0.415 e. The second-order valence-electron chi connectivity index (χ2n) is 14.7. The molecule has 1 spiro atoms. The Bertz CT molecular complexity index is 1380. The van der Waals surface area contributed by atoms with Crippen LogP contribution in [0.1, 0.15) is 70.4 Å². The highest BCUT2D eigenvalue weighted by molar-refractivity contribution is 5.86. The molecule has 1 saturated heterocycles. The van der Waals surface area contributed by atoms with Gasteiger partial charge in [-0.15, -0.1) is 0 Å². The standard InChI is InChI=1S/C34H48N4O6/c1-20(2)17-25(36-22(4)39)31(40)35-14-15-37(5)32(41)43-26-10-9-24-18-27-34(42)12-11-21(3)30-33(34,28(24)29(26)44-30)13-16-38(27,6)19-23-7-8-23/h9-10,20,23,25,27,30,42H,3,7-8,11-19H2,1-2,4-6H3,(H-,35,36,39,40)/p+1/t25-,27-,30-,33-,34+,38?/m0/s1. The summed E-state index contributed by atoms with van der Waals surface area (Å²) >= 11 is 0. The molecule has 1 unspecified atom stereocenters. The van der Waals surface area contributed by atoms with Gasteiger partial charge >= 0.3 is 6.09 Å². The Kier molecular flexibility index (Phi) is 7.76. The maximum absolute atomic E-state index is 13.2. The highest BCUT2D eigenvalue weighted by Crippen LogP contribution is 2.67. The zero-order valence-corrected chi connectivity index (χ0v) is 26.9. The molecule has 1 aromatic rings. The van der Waals surface area contributed by atoms with E-state index < -0.39 is 23.2 Å². The predicted molar refractivity (Wildman–Crippen MR) is 165 cm³/mol. The van der Waals surface area contributed by atoms with Crippen LogP contribution in [0, 0.1) is 11.8 Å². The second-order valence-corrected chi connectivity index (χ2v) is 14.7. The molecule has 3 N–H and O–H groups in total. The highest BCUT2D eigenvalue weighted by Gasteiger charge is 2.75. The van der Waals surface area contributed by atoms with Crippen molar-refractivity contribution in [3.8, 4) is 11.5 Å². The lowest BCUT2D eigenvalue weighted by Gasteiger charge is -2.65. The van der Waals surface area contributed by atoms with Crippen molar-refractivity contribution in [2.75, 3.05) is 40.3 Å². The fourth-order valence-electron chi connectivity index (χ4n) is 8.82. The molecular formula is C34H49N4O6+. The highest BCUT2D eigenvalue weighted by atomic mass is 16.6. The van der Waals surface area contributed by atoms with Gasteiger partial charge in [-0.2, -0.15) is 0 Å². The lowest BCUT2D eigenvalue weighted by molar-refractivity contribution is -0.950. The van der Waals surface area contributed by atoms with Crippen LogP contribution < -0.4 is 20.1 Å². The second kappa shape index (κ2) is 11.1. The van der Waals surface area contributed by atoms with E-state index in [2.05, 4.69) is 30.3 Å². The van der Waals surface area contributed by atoms with Crippen molar-refractivity contribution in [2.24, 2.45) is 11.8 Å². The monoisotopic (exact) mass is 609 g/mol. The van der Waals surface area contributed by atoms with Crippen molar-refractivity contribution in [1.29, 1.82) is 0 Å². The number of likely N-dealkylation sites (N-methyl/N-ethyl adjacent to an activating group) is 2. The van der Waals surface area contributed by atoms with Crippen LogP contribution in [-0.4, -0.2) is 96.5 Å². The number of nitrogens with one attached hydrogen (secondary N) is 2. The van der Waals surface area contributed by atoms with Gasteiger partial charge in [0.2, 0.25) is 11.8 Å². The number of aliphatic hydroxyl groups is 1. The van der Waals surface area contributed by atoms with Crippen LogP contribution in [0.5, 0.6) is 11.5 Å². The lowest BCUT2D eigenvalue weighted by atomic mass is 9.48. The van der Waals surface area contributed by atoms with Crippen LogP contribution in [0.3, 0.4) is 0 Å². The van der Waals surface area contributed by atoms with Crippen LogP contribution >= 0.6 is 0 Å². The summed E-state index contributed by atoms with van der Waals surface area (Å²) in [5.74, 6) is 1.36. The zero-order valence-electron chi connectivity index (χ0n) is 26.9. The van der Waals surface area contributed by atoms with Gasteiger partial charge in [-0.3, -0.25) is 9.59 Å². The summed E-state index contributed by atoms with van der Waals surface area (Å²) in [4.78, 5) is 38.9. The third kappa shape index (κ3) is 4.98. The summed E-state index contributed by atoms with van der Waals surface area (Å²) in [5, 5.41) is 18.3. The van der Waals surface area contributed by atoms with E-state index in [1.807, 2.05) is 19.9 Å². The number of hydrogen-bond acceptors (Lipinski definition) is 6. The predicted octanol–water partition coefficient (Wildman–Crippen LogP) is 3.05. The van der Waals surface area contributed by atoms with Gasteiger partial charge in [-0.25, -0.2) is 4.79 Å². The third-order valence-electron chi connectivity index (χ3n) is 11.1. The molecule has 3 aliphatic carbocycles. The number of likely N-dealkylation sites (tertiary alicyclic amines) is 1. The summed E-state index contributed by atoms with van der Waals surface area (Å²) in [6, 6.07) is 3.36. The fraction of sp³-hybridized carbons (Fsp3) is 0.676. The van der Waals surface area contributed by atoms with Crippen molar-refractivity contribution in [2.45, 2.75) is 94.9 Å². The topological polar surface area (TPSA) is 117 Å². The fourth-order valence-corrected chi connectivity index (χ4v) is 8.82. The van der Waals surface area contributed by atoms with Crippen LogP contribution in [0.2, 0.25) is 0 Å². The van der Waals surface area contributed by atoms with Gasteiger partial charge in [0.1, 0.15) is 23.8 Å². The van der Waals surface area contributed by atoms with Gasteiger partial charge in [-0.1, -0.05) is 26.5 Å². The van der Waals surface area contributed by atoms with E-state index in [9.17, 15) is 19.5 Å². The Morgan fingerprint density at radius 3 is 2.68 bits per heavy atom. The Morgan fingerprint density at radius 2 is 2.00 bits per heavy atom. The lowest BCUT2D eigenvalue weighted by Crippen LogP contribution is -2.80. The summed E-state index contributed by atoms with van der Waals surface area (Å²) in [7, 11) is 3.96. The zero-order chi connectivity index (χ0) is 31.6. The molecule has 2 saturated carbocycles. The Balaban J connectivity index is 1.19. The van der Waals surface area contributed by atoms with Gasteiger partial charge < -0.3 is 34.6 Å². The summed E-state index contributed by atoms with van der Waals surface area (Å²) in [5.41, 5.74) is 1.68. The molecule has 10 heteroatoms. The number of rotatable bonds is 10. The molecule has 6 rings (SSSR count). The number of hydrogen-bond donors (Lipinski definition) is 3.